The lowest BCUT2D eigenvalue weighted by Crippen LogP contribution is -2.36. The van der Waals surface area contributed by atoms with Gasteiger partial charge in [-0.2, -0.15) is 0 Å². The van der Waals surface area contributed by atoms with Crippen LogP contribution in [-0.4, -0.2) is 6.04 Å². The molecule has 1 fully saturated rings. The first-order valence-corrected chi connectivity index (χ1v) is 8.31. The van der Waals surface area contributed by atoms with Crippen LogP contribution in [0.5, 0.6) is 0 Å². The highest BCUT2D eigenvalue weighted by molar-refractivity contribution is 5.25. The summed E-state index contributed by atoms with van der Waals surface area (Å²) in [6, 6.07) is 9.44. The minimum absolute atomic E-state index is 0.529. The molecule has 1 aliphatic carbocycles. The van der Waals surface area contributed by atoms with Crippen LogP contribution in [0, 0.1) is 18.3 Å². The van der Waals surface area contributed by atoms with Crippen LogP contribution in [0.2, 0.25) is 0 Å². The smallest absolute Gasteiger partial charge is 0.0210 e. The second-order valence-corrected chi connectivity index (χ2v) is 7.20. The second kappa shape index (κ2) is 6.76. The Hall–Kier alpha value is -0.820. The van der Waals surface area contributed by atoms with Gasteiger partial charge in [0, 0.05) is 12.6 Å². The van der Waals surface area contributed by atoms with E-state index in [-0.39, 0.29) is 0 Å². The van der Waals surface area contributed by atoms with Gasteiger partial charge in [-0.1, -0.05) is 51.5 Å². The average Bonchev–Trinajstić information content (AvgIpc) is 2.47. The minimum Gasteiger partial charge on any atom is -0.310 e. The summed E-state index contributed by atoms with van der Waals surface area (Å²) < 4.78 is 0. The van der Waals surface area contributed by atoms with Crippen molar-refractivity contribution in [3.05, 3.63) is 35.4 Å². The first kappa shape index (κ1) is 15.6. The molecule has 0 atom stereocenters. The van der Waals surface area contributed by atoms with Gasteiger partial charge in [-0.05, 0) is 55.1 Å². The lowest BCUT2D eigenvalue weighted by atomic mass is 9.69. The van der Waals surface area contributed by atoms with E-state index < -0.39 is 0 Å². The fraction of sp³-hybridized carbons (Fsp3) is 0.684. The van der Waals surface area contributed by atoms with Gasteiger partial charge in [0.05, 0.1) is 0 Å². The molecule has 1 aromatic carbocycles. The van der Waals surface area contributed by atoms with Crippen molar-refractivity contribution < 1.29 is 0 Å². The van der Waals surface area contributed by atoms with Gasteiger partial charge >= 0.3 is 0 Å². The molecule has 20 heavy (non-hydrogen) atoms. The number of hydrogen-bond acceptors (Lipinski definition) is 1. The quantitative estimate of drug-likeness (QED) is 0.789. The SMILES string of the molecule is CCC(C)(C)C1CCC(NCc2ccccc2C)CC1. The molecule has 1 heteroatoms. The highest BCUT2D eigenvalue weighted by Crippen LogP contribution is 2.40. The van der Waals surface area contributed by atoms with Gasteiger partial charge < -0.3 is 5.32 Å². The van der Waals surface area contributed by atoms with Gasteiger partial charge in [0.1, 0.15) is 0 Å². The molecular formula is C19H31N. The van der Waals surface area contributed by atoms with Crippen LogP contribution in [0.3, 0.4) is 0 Å². The number of benzene rings is 1. The number of aryl methyl sites for hydroxylation is 1. The Labute approximate surface area is 125 Å². The molecule has 0 aliphatic heterocycles. The minimum atomic E-state index is 0.529. The predicted molar refractivity (Wildman–Crippen MR) is 87.8 cm³/mol. The van der Waals surface area contributed by atoms with Crippen molar-refractivity contribution in [1.82, 2.24) is 5.32 Å². The summed E-state index contributed by atoms with van der Waals surface area (Å²) in [5.41, 5.74) is 3.38. The Morgan fingerprint density at radius 1 is 1.10 bits per heavy atom. The first-order chi connectivity index (χ1) is 9.53. The topological polar surface area (TPSA) is 12.0 Å². The predicted octanol–water partition coefficient (Wildman–Crippen LogP) is 5.08. The second-order valence-electron chi connectivity index (χ2n) is 7.20. The maximum atomic E-state index is 3.77. The molecule has 0 aromatic heterocycles. The number of hydrogen-bond donors (Lipinski definition) is 1. The third-order valence-electron chi connectivity index (χ3n) is 5.59. The lowest BCUT2D eigenvalue weighted by Gasteiger charge is -2.39. The maximum absolute atomic E-state index is 3.77. The van der Waals surface area contributed by atoms with Crippen molar-refractivity contribution in [2.45, 2.75) is 72.4 Å². The van der Waals surface area contributed by atoms with Gasteiger partial charge in [-0.3, -0.25) is 0 Å². The zero-order chi connectivity index (χ0) is 14.6. The first-order valence-electron chi connectivity index (χ1n) is 8.31. The molecular weight excluding hydrogens is 242 g/mol. The molecule has 1 aromatic rings. The van der Waals surface area contributed by atoms with Gasteiger partial charge in [-0.15, -0.1) is 0 Å². The van der Waals surface area contributed by atoms with Gasteiger partial charge in [0.15, 0.2) is 0 Å². The highest BCUT2D eigenvalue weighted by Gasteiger charge is 2.31. The highest BCUT2D eigenvalue weighted by atomic mass is 14.9. The van der Waals surface area contributed by atoms with Gasteiger partial charge in [-0.25, -0.2) is 0 Å². The van der Waals surface area contributed by atoms with E-state index in [9.17, 15) is 0 Å². The van der Waals surface area contributed by atoms with E-state index in [0.29, 0.717) is 5.41 Å². The van der Waals surface area contributed by atoms with E-state index in [4.69, 9.17) is 0 Å². The summed E-state index contributed by atoms with van der Waals surface area (Å²) in [7, 11) is 0. The third-order valence-corrected chi connectivity index (χ3v) is 5.59. The summed E-state index contributed by atoms with van der Waals surface area (Å²) in [6.45, 7) is 10.5. The average molecular weight is 273 g/mol. The molecule has 0 saturated heterocycles. The molecule has 1 saturated carbocycles. The molecule has 0 bridgehead atoms. The summed E-state index contributed by atoms with van der Waals surface area (Å²) >= 11 is 0. The van der Waals surface area contributed by atoms with Crippen LogP contribution in [0.25, 0.3) is 0 Å². The van der Waals surface area contributed by atoms with Crippen molar-refractivity contribution in [3.8, 4) is 0 Å². The Morgan fingerprint density at radius 3 is 2.35 bits per heavy atom. The van der Waals surface area contributed by atoms with Crippen LogP contribution >= 0.6 is 0 Å². The van der Waals surface area contributed by atoms with Crippen LogP contribution in [-0.2, 0) is 6.54 Å². The zero-order valence-corrected chi connectivity index (χ0v) is 13.7. The molecule has 1 N–H and O–H groups in total. The van der Waals surface area contributed by atoms with Crippen LogP contribution < -0.4 is 5.32 Å². The molecule has 0 unspecified atom stereocenters. The van der Waals surface area contributed by atoms with Crippen molar-refractivity contribution >= 4 is 0 Å². The third kappa shape index (κ3) is 3.85. The largest absolute Gasteiger partial charge is 0.310 e. The van der Waals surface area contributed by atoms with Gasteiger partial charge in [0.2, 0.25) is 0 Å². The van der Waals surface area contributed by atoms with E-state index in [1.54, 1.807) is 0 Å². The standard InChI is InChI=1S/C19H31N/c1-5-19(3,4)17-10-12-18(13-11-17)20-14-16-9-7-6-8-15(16)2/h6-9,17-18,20H,5,10-14H2,1-4H3. The number of nitrogens with one attached hydrogen (secondary N) is 1. The van der Waals surface area contributed by atoms with E-state index in [1.165, 1.54) is 43.2 Å². The molecule has 0 radical (unpaired) electrons. The van der Waals surface area contributed by atoms with Crippen molar-refractivity contribution in [3.63, 3.8) is 0 Å². The fourth-order valence-corrected chi connectivity index (χ4v) is 3.43. The molecule has 0 amide bonds. The van der Waals surface area contributed by atoms with E-state index in [2.05, 4.69) is 57.3 Å². The summed E-state index contributed by atoms with van der Waals surface area (Å²) in [5, 5.41) is 3.77. The fourth-order valence-electron chi connectivity index (χ4n) is 3.43. The van der Waals surface area contributed by atoms with Crippen LogP contribution in [0.1, 0.15) is 64.0 Å². The Balaban J connectivity index is 1.79. The van der Waals surface area contributed by atoms with E-state index >= 15 is 0 Å². The molecule has 1 nitrogen and oxygen atoms in total. The van der Waals surface area contributed by atoms with Crippen molar-refractivity contribution in [2.75, 3.05) is 0 Å². The molecule has 0 spiro atoms. The number of rotatable bonds is 5. The molecule has 2 rings (SSSR count). The van der Waals surface area contributed by atoms with Crippen LogP contribution in [0.15, 0.2) is 24.3 Å². The van der Waals surface area contributed by atoms with Gasteiger partial charge in [0.25, 0.3) is 0 Å². The summed E-state index contributed by atoms with van der Waals surface area (Å²) in [6.07, 6.45) is 6.79. The Bertz CT molecular complexity index is 414. The normalized spacial score (nSPS) is 23.8. The Kier molecular flexibility index (Phi) is 5.26. The monoisotopic (exact) mass is 273 g/mol. The molecule has 112 valence electrons. The Morgan fingerprint density at radius 2 is 1.75 bits per heavy atom. The lowest BCUT2D eigenvalue weighted by molar-refractivity contribution is 0.137. The van der Waals surface area contributed by atoms with E-state index in [0.717, 1.165) is 18.5 Å². The molecule has 1 aliphatic rings. The summed E-state index contributed by atoms with van der Waals surface area (Å²) in [5.74, 6) is 0.920. The maximum Gasteiger partial charge on any atom is 0.0210 e. The molecule has 0 heterocycles. The van der Waals surface area contributed by atoms with Crippen molar-refractivity contribution in [2.24, 2.45) is 11.3 Å². The zero-order valence-electron chi connectivity index (χ0n) is 13.7. The van der Waals surface area contributed by atoms with E-state index in [1.807, 2.05) is 0 Å². The van der Waals surface area contributed by atoms with Crippen LogP contribution in [0.4, 0.5) is 0 Å². The summed E-state index contributed by atoms with van der Waals surface area (Å²) in [4.78, 5) is 0. The van der Waals surface area contributed by atoms with Crippen molar-refractivity contribution in [1.29, 1.82) is 0 Å².